The molecule has 1 saturated heterocycles. The number of halogens is 4. The molecule has 1 aliphatic heterocycles. The molecule has 1 heterocycles. The van der Waals surface area contributed by atoms with Gasteiger partial charge in [-0.25, -0.2) is 4.39 Å². The van der Waals surface area contributed by atoms with Gasteiger partial charge in [0.05, 0.1) is 11.3 Å². The van der Waals surface area contributed by atoms with Crippen molar-refractivity contribution in [3.63, 3.8) is 0 Å². The van der Waals surface area contributed by atoms with Crippen molar-refractivity contribution in [2.45, 2.75) is 19.6 Å². The molecule has 27 heavy (non-hydrogen) atoms. The quantitative estimate of drug-likeness (QED) is 0.581. The van der Waals surface area contributed by atoms with Crippen molar-refractivity contribution < 1.29 is 22.4 Å². The highest BCUT2D eigenvalue weighted by molar-refractivity contribution is 5.94. The van der Waals surface area contributed by atoms with Crippen LogP contribution in [0.3, 0.4) is 0 Å². The van der Waals surface area contributed by atoms with Crippen LogP contribution < -0.4 is 4.90 Å². The van der Waals surface area contributed by atoms with Crippen LogP contribution in [-0.2, 0) is 12.7 Å². The molecule has 0 atom stereocenters. The van der Waals surface area contributed by atoms with Gasteiger partial charge in [-0.05, 0) is 42.8 Å². The molecule has 0 N–H and O–H groups in total. The van der Waals surface area contributed by atoms with E-state index in [2.05, 4.69) is 4.90 Å². The van der Waals surface area contributed by atoms with E-state index in [1.807, 2.05) is 4.90 Å². The largest absolute Gasteiger partial charge is 0.416 e. The minimum atomic E-state index is -4.33. The molecule has 0 aliphatic carbocycles. The Morgan fingerprint density at radius 3 is 2.15 bits per heavy atom. The van der Waals surface area contributed by atoms with Crippen LogP contribution in [-0.4, -0.2) is 36.9 Å². The lowest BCUT2D eigenvalue weighted by Gasteiger charge is -2.36. The Balaban J connectivity index is 1.58. The summed E-state index contributed by atoms with van der Waals surface area (Å²) in [6.45, 7) is 4.52. The number of piperazine rings is 1. The number of hydrogen-bond acceptors (Lipinski definition) is 3. The number of ketones is 1. The molecule has 0 aromatic heterocycles. The second-order valence-electron chi connectivity index (χ2n) is 6.68. The highest BCUT2D eigenvalue weighted by atomic mass is 19.4. The van der Waals surface area contributed by atoms with Gasteiger partial charge < -0.3 is 4.90 Å². The molecule has 3 nitrogen and oxygen atoms in total. The highest BCUT2D eigenvalue weighted by Crippen LogP contribution is 2.29. The van der Waals surface area contributed by atoms with E-state index in [0.29, 0.717) is 44.0 Å². The van der Waals surface area contributed by atoms with Crippen LogP contribution in [0.4, 0.5) is 23.2 Å². The molecule has 0 radical (unpaired) electrons. The Morgan fingerprint density at radius 1 is 1.00 bits per heavy atom. The van der Waals surface area contributed by atoms with Gasteiger partial charge in [-0.1, -0.05) is 12.1 Å². The van der Waals surface area contributed by atoms with E-state index in [9.17, 15) is 22.4 Å². The standard InChI is InChI=1S/C20H20F4N2O/c1-14(27)16-4-7-19(18(21)12-16)26-10-8-25(9-11-26)13-15-2-5-17(6-3-15)20(22,23)24/h2-7,12H,8-11,13H2,1H3. The van der Waals surface area contributed by atoms with Crippen molar-refractivity contribution in [1.82, 2.24) is 4.90 Å². The summed E-state index contributed by atoms with van der Waals surface area (Å²) in [7, 11) is 0. The summed E-state index contributed by atoms with van der Waals surface area (Å²) < 4.78 is 52.1. The van der Waals surface area contributed by atoms with Gasteiger partial charge in [0.1, 0.15) is 5.82 Å². The summed E-state index contributed by atoms with van der Waals surface area (Å²) in [5.74, 6) is -0.597. The Bertz CT molecular complexity index is 810. The van der Waals surface area contributed by atoms with Gasteiger partial charge in [-0.15, -0.1) is 0 Å². The highest BCUT2D eigenvalue weighted by Gasteiger charge is 2.30. The van der Waals surface area contributed by atoms with Crippen LogP contribution >= 0.6 is 0 Å². The number of anilines is 1. The van der Waals surface area contributed by atoms with Crippen LogP contribution in [0.5, 0.6) is 0 Å². The summed E-state index contributed by atoms with van der Waals surface area (Å²) in [5, 5.41) is 0. The molecular formula is C20H20F4N2O. The molecule has 0 unspecified atom stereocenters. The summed E-state index contributed by atoms with van der Waals surface area (Å²) in [6.07, 6.45) is -4.33. The summed E-state index contributed by atoms with van der Waals surface area (Å²) >= 11 is 0. The molecule has 144 valence electrons. The van der Waals surface area contributed by atoms with Gasteiger partial charge >= 0.3 is 6.18 Å². The lowest BCUT2D eigenvalue weighted by Crippen LogP contribution is -2.46. The Kier molecular flexibility index (Phi) is 5.51. The van der Waals surface area contributed by atoms with E-state index < -0.39 is 17.6 Å². The molecule has 1 fully saturated rings. The first kappa shape index (κ1) is 19.4. The first-order valence-electron chi connectivity index (χ1n) is 8.68. The summed E-state index contributed by atoms with van der Waals surface area (Å²) in [6, 6.07) is 9.68. The normalized spacial score (nSPS) is 15.8. The summed E-state index contributed by atoms with van der Waals surface area (Å²) in [5.41, 5.74) is 0.973. The van der Waals surface area contributed by atoms with E-state index >= 15 is 0 Å². The van der Waals surface area contributed by atoms with Crippen molar-refractivity contribution >= 4 is 11.5 Å². The van der Waals surface area contributed by atoms with E-state index in [4.69, 9.17) is 0 Å². The third-order valence-corrected chi connectivity index (χ3v) is 4.75. The zero-order chi connectivity index (χ0) is 19.6. The second kappa shape index (κ2) is 7.68. The fourth-order valence-corrected chi connectivity index (χ4v) is 3.19. The maximum Gasteiger partial charge on any atom is 0.416 e. The molecular weight excluding hydrogens is 360 g/mol. The third kappa shape index (κ3) is 4.66. The first-order chi connectivity index (χ1) is 12.7. The molecule has 0 amide bonds. The Morgan fingerprint density at radius 2 is 1.63 bits per heavy atom. The fourth-order valence-electron chi connectivity index (χ4n) is 3.19. The monoisotopic (exact) mass is 380 g/mol. The second-order valence-corrected chi connectivity index (χ2v) is 6.68. The predicted octanol–water partition coefficient (Wildman–Crippen LogP) is 4.37. The van der Waals surface area contributed by atoms with Crippen molar-refractivity contribution in [3.05, 3.63) is 65.0 Å². The van der Waals surface area contributed by atoms with E-state index in [1.54, 1.807) is 12.1 Å². The molecule has 1 aliphatic rings. The molecule has 2 aromatic carbocycles. The maximum atomic E-state index is 14.3. The number of carbonyl (C=O) groups is 1. The minimum Gasteiger partial charge on any atom is -0.367 e. The van der Waals surface area contributed by atoms with E-state index in [1.165, 1.54) is 25.1 Å². The number of rotatable bonds is 4. The number of benzene rings is 2. The average molecular weight is 380 g/mol. The van der Waals surface area contributed by atoms with E-state index in [0.717, 1.165) is 17.7 Å². The van der Waals surface area contributed by atoms with Crippen molar-refractivity contribution in [2.24, 2.45) is 0 Å². The maximum absolute atomic E-state index is 14.3. The van der Waals surface area contributed by atoms with Gasteiger partial charge in [-0.3, -0.25) is 9.69 Å². The van der Waals surface area contributed by atoms with Crippen LogP contribution in [0.1, 0.15) is 28.4 Å². The third-order valence-electron chi connectivity index (χ3n) is 4.75. The smallest absolute Gasteiger partial charge is 0.367 e. The number of nitrogens with zero attached hydrogens (tertiary/aromatic N) is 2. The van der Waals surface area contributed by atoms with Gasteiger partial charge in [0.15, 0.2) is 5.78 Å². The van der Waals surface area contributed by atoms with Crippen LogP contribution in [0, 0.1) is 5.82 Å². The fraction of sp³-hybridized carbons (Fsp3) is 0.350. The number of carbonyl (C=O) groups excluding carboxylic acids is 1. The molecule has 0 spiro atoms. The molecule has 2 aromatic rings. The van der Waals surface area contributed by atoms with Crippen LogP contribution in [0.15, 0.2) is 42.5 Å². The average Bonchev–Trinajstić information content (AvgIpc) is 2.62. The minimum absolute atomic E-state index is 0.179. The topological polar surface area (TPSA) is 23.6 Å². The molecule has 0 saturated carbocycles. The molecule has 3 rings (SSSR count). The Labute approximate surface area is 155 Å². The van der Waals surface area contributed by atoms with Crippen LogP contribution in [0.25, 0.3) is 0 Å². The van der Waals surface area contributed by atoms with Crippen molar-refractivity contribution in [1.29, 1.82) is 0 Å². The first-order valence-corrected chi connectivity index (χ1v) is 8.68. The lowest BCUT2D eigenvalue weighted by atomic mass is 10.1. The summed E-state index contributed by atoms with van der Waals surface area (Å²) in [4.78, 5) is 15.4. The van der Waals surface area contributed by atoms with Crippen molar-refractivity contribution in [3.8, 4) is 0 Å². The SMILES string of the molecule is CC(=O)c1ccc(N2CCN(Cc3ccc(C(F)(F)F)cc3)CC2)c(F)c1. The van der Waals surface area contributed by atoms with Crippen LogP contribution in [0.2, 0.25) is 0 Å². The zero-order valence-electron chi connectivity index (χ0n) is 14.9. The lowest BCUT2D eigenvalue weighted by molar-refractivity contribution is -0.137. The molecule has 0 bridgehead atoms. The van der Waals surface area contributed by atoms with Gasteiger partial charge in [0.25, 0.3) is 0 Å². The van der Waals surface area contributed by atoms with E-state index in [-0.39, 0.29) is 5.78 Å². The molecule has 7 heteroatoms. The van der Waals surface area contributed by atoms with Gasteiger partial charge in [0, 0.05) is 38.3 Å². The Hall–Kier alpha value is -2.41. The predicted molar refractivity (Wildman–Crippen MR) is 95.3 cm³/mol. The number of alkyl halides is 3. The van der Waals surface area contributed by atoms with Gasteiger partial charge in [0.2, 0.25) is 0 Å². The van der Waals surface area contributed by atoms with Gasteiger partial charge in [-0.2, -0.15) is 13.2 Å². The number of hydrogen-bond donors (Lipinski definition) is 0. The van der Waals surface area contributed by atoms with Crippen molar-refractivity contribution in [2.75, 3.05) is 31.1 Å². The zero-order valence-corrected chi connectivity index (χ0v) is 14.9. The number of Topliss-reactive ketones (excluding diaryl/α,β-unsaturated/α-hetero) is 1.